The molecule has 1 aromatic rings. The predicted octanol–water partition coefficient (Wildman–Crippen LogP) is 0.480. The number of benzene rings is 1. The van der Waals surface area contributed by atoms with Crippen molar-refractivity contribution in [1.82, 2.24) is 5.32 Å². The Morgan fingerprint density at radius 2 is 2.00 bits per heavy atom. The van der Waals surface area contributed by atoms with E-state index in [0.717, 1.165) is 0 Å². The molecule has 0 aliphatic carbocycles. The van der Waals surface area contributed by atoms with E-state index in [1.165, 1.54) is 18.2 Å². The molecule has 0 spiro atoms. The van der Waals surface area contributed by atoms with Crippen LogP contribution in [0.2, 0.25) is 0 Å². The Bertz CT molecular complexity index is 548. The van der Waals surface area contributed by atoms with Gasteiger partial charge in [-0.25, -0.2) is 4.79 Å². The molecule has 1 atom stereocenters. The lowest BCUT2D eigenvalue weighted by molar-refractivity contribution is -0.139. The lowest BCUT2D eigenvalue weighted by Gasteiger charge is -2.14. The Kier molecular flexibility index (Phi) is 5.51. The Hall–Kier alpha value is -2.09. The van der Waals surface area contributed by atoms with E-state index >= 15 is 0 Å². The van der Waals surface area contributed by atoms with Gasteiger partial charge < -0.3 is 21.9 Å². The number of carboxylic acid groups (broad SMARTS) is 1. The second-order valence-corrected chi connectivity index (χ2v) is 4.96. The van der Waals surface area contributed by atoms with Crippen LogP contribution in [0, 0.1) is 0 Å². The number of carbonyl (C=O) groups is 3. The molecular formula is C12H14BrN3O4. The molecule has 0 radical (unpaired) electrons. The first-order valence-electron chi connectivity index (χ1n) is 5.68. The Morgan fingerprint density at radius 3 is 2.50 bits per heavy atom. The van der Waals surface area contributed by atoms with Crippen LogP contribution in [0.4, 0.5) is 5.69 Å². The summed E-state index contributed by atoms with van der Waals surface area (Å²) < 4.78 is 0.536. The van der Waals surface area contributed by atoms with Gasteiger partial charge in [-0.05, 0) is 40.5 Å². The quantitative estimate of drug-likeness (QED) is 0.557. The third kappa shape index (κ3) is 4.54. The van der Waals surface area contributed by atoms with Gasteiger partial charge in [0.15, 0.2) is 0 Å². The number of nitrogens with two attached hydrogens (primary N) is 2. The highest BCUT2D eigenvalue weighted by molar-refractivity contribution is 9.10. The largest absolute Gasteiger partial charge is 0.480 e. The monoisotopic (exact) mass is 343 g/mol. The Morgan fingerprint density at radius 1 is 1.35 bits per heavy atom. The molecule has 0 fully saturated rings. The number of amides is 2. The minimum Gasteiger partial charge on any atom is -0.480 e. The Balaban J connectivity index is 2.77. The van der Waals surface area contributed by atoms with Gasteiger partial charge in [0.25, 0.3) is 5.91 Å². The maximum Gasteiger partial charge on any atom is 0.326 e. The molecule has 0 aliphatic rings. The van der Waals surface area contributed by atoms with Crippen molar-refractivity contribution in [3.05, 3.63) is 28.2 Å². The van der Waals surface area contributed by atoms with E-state index in [1.807, 2.05) is 0 Å². The molecule has 0 aliphatic heterocycles. The standard InChI is InChI=1S/C12H14BrN3O4/c13-7-5-6(1-2-8(7)14)11(18)16-9(12(19)20)3-4-10(15)17/h1-2,5,9H,3-4,14H2,(H2,15,17)(H,16,18)(H,19,20)/t9-/m1/s1. The third-order valence-corrected chi connectivity index (χ3v) is 3.23. The van der Waals surface area contributed by atoms with Gasteiger partial charge in [-0.2, -0.15) is 0 Å². The number of aliphatic carboxylic acids is 1. The fourth-order valence-corrected chi connectivity index (χ4v) is 1.83. The van der Waals surface area contributed by atoms with Gasteiger partial charge >= 0.3 is 5.97 Å². The highest BCUT2D eigenvalue weighted by Crippen LogP contribution is 2.20. The molecule has 1 aromatic carbocycles. The van der Waals surface area contributed by atoms with E-state index in [0.29, 0.717) is 10.2 Å². The molecule has 108 valence electrons. The van der Waals surface area contributed by atoms with Crippen LogP contribution in [0.1, 0.15) is 23.2 Å². The van der Waals surface area contributed by atoms with Crippen molar-refractivity contribution < 1.29 is 19.5 Å². The van der Waals surface area contributed by atoms with Gasteiger partial charge in [0.2, 0.25) is 5.91 Å². The number of halogens is 1. The van der Waals surface area contributed by atoms with Gasteiger partial charge in [-0.3, -0.25) is 9.59 Å². The van der Waals surface area contributed by atoms with Gasteiger partial charge in [-0.1, -0.05) is 0 Å². The lowest BCUT2D eigenvalue weighted by atomic mass is 10.1. The van der Waals surface area contributed by atoms with Crippen LogP contribution in [0.25, 0.3) is 0 Å². The second-order valence-electron chi connectivity index (χ2n) is 4.11. The second kappa shape index (κ2) is 6.90. The highest BCUT2D eigenvalue weighted by Gasteiger charge is 2.21. The zero-order valence-electron chi connectivity index (χ0n) is 10.4. The maximum absolute atomic E-state index is 11.9. The van der Waals surface area contributed by atoms with Crippen molar-refractivity contribution in [1.29, 1.82) is 0 Å². The molecule has 0 unspecified atom stereocenters. The normalized spacial score (nSPS) is 11.7. The number of hydrogen-bond donors (Lipinski definition) is 4. The zero-order chi connectivity index (χ0) is 15.3. The first-order chi connectivity index (χ1) is 9.31. The van der Waals surface area contributed by atoms with Gasteiger partial charge in [0.05, 0.1) is 0 Å². The summed E-state index contributed by atoms with van der Waals surface area (Å²) in [6, 6.07) is 3.31. The summed E-state index contributed by atoms with van der Waals surface area (Å²) >= 11 is 3.18. The van der Waals surface area contributed by atoms with E-state index in [4.69, 9.17) is 16.6 Å². The van der Waals surface area contributed by atoms with E-state index < -0.39 is 23.8 Å². The molecule has 0 aromatic heterocycles. The number of nitrogens with one attached hydrogen (secondary N) is 1. The van der Waals surface area contributed by atoms with Crippen molar-refractivity contribution in [2.45, 2.75) is 18.9 Å². The highest BCUT2D eigenvalue weighted by atomic mass is 79.9. The number of carbonyl (C=O) groups excluding carboxylic acids is 2. The van der Waals surface area contributed by atoms with E-state index in [-0.39, 0.29) is 18.4 Å². The fraction of sp³-hybridized carbons (Fsp3) is 0.250. The molecule has 20 heavy (non-hydrogen) atoms. The van der Waals surface area contributed by atoms with Gasteiger partial charge in [0, 0.05) is 22.1 Å². The summed E-state index contributed by atoms with van der Waals surface area (Å²) in [5.74, 6) is -2.42. The van der Waals surface area contributed by atoms with Crippen LogP contribution in [0.3, 0.4) is 0 Å². The minimum absolute atomic E-state index is 0.0629. The zero-order valence-corrected chi connectivity index (χ0v) is 12.0. The van der Waals surface area contributed by atoms with Crippen molar-refractivity contribution >= 4 is 39.4 Å². The van der Waals surface area contributed by atoms with Crippen molar-refractivity contribution in [3.8, 4) is 0 Å². The van der Waals surface area contributed by atoms with Crippen molar-refractivity contribution in [2.24, 2.45) is 5.73 Å². The molecule has 0 saturated carbocycles. The third-order valence-electron chi connectivity index (χ3n) is 2.55. The molecule has 0 heterocycles. The summed E-state index contributed by atoms with van der Waals surface area (Å²) in [6.07, 6.45) is -0.185. The van der Waals surface area contributed by atoms with Crippen LogP contribution in [-0.4, -0.2) is 28.9 Å². The number of primary amides is 1. The van der Waals surface area contributed by atoms with Crippen LogP contribution in [-0.2, 0) is 9.59 Å². The lowest BCUT2D eigenvalue weighted by Crippen LogP contribution is -2.41. The van der Waals surface area contributed by atoms with Crippen LogP contribution >= 0.6 is 15.9 Å². The molecular weight excluding hydrogens is 330 g/mol. The summed E-state index contributed by atoms with van der Waals surface area (Å²) in [5.41, 5.74) is 11.3. The molecule has 7 nitrogen and oxygen atoms in total. The number of rotatable bonds is 6. The smallest absolute Gasteiger partial charge is 0.326 e. The van der Waals surface area contributed by atoms with Crippen LogP contribution < -0.4 is 16.8 Å². The van der Waals surface area contributed by atoms with Crippen LogP contribution in [0.15, 0.2) is 22.7 Å². The van der Waals surface area contributed by atoms with E-state index in [1.54, 1.807) is 0 Å². The molecule has 8 heteroatoms. The molecule has 2 amide bonds. The number of hydrogen-bond acceptors (Lipinski definition) is 4. The van der Waals surface area contributed by atoms with Crippen LogP contribution in [0.5, 0.6) is 0 Å². The van der Waals surface area contributed by atoms with Crippen molar-refractivity contribution in [2.75, 3.05) is 5.73 Å². The molecule has 0 saturated heterocycles. The number of carboxylic acids is 1. The average Bonchev–Trinajstić information content (AvgIpc) is 2.36. The number of nitrogen functional groups attached to an aromatic ring is 1. The fourth-order valence-electron chi connectivity index (χ4n) is 1.45. The van der Waals surface area contributed by atoms with Gasteiger partial charge in [0.1, 0.15) is 6.04 Å². The predicted molar refractivity (Wildman–Crippen MR) is 75.9 cm³/mol. The van der Waals surface area contributed by atoms with E-state index in [2.05, 4.69) is 21.2 Å². The summed E-state index contributed by atoms with van der Waals surface area (Å²) in [7, 11) is 0. The SMILES string of the molecule is NC(=O)CC[C@@H](NC(=O)c1ccc(N)c(Br)c1)C(=O)O. The first-order valence-corrected chi connectivity index (χ1v) is 6.47. The maximum atomic E-state index is 11.9. The summed E-state index contributed by atoms with van der Waals surface area (Å²) in [4.78, 5) is 33.6. The molecule has 6 N–H and O–H groups in total. The Labute approximate surface area is 123 Å². The van der Waals surface area contributed by atoms with Gasteiger partial charge in [-0.15, -0.1) is 0 Å². The summed E-state index contributed by atoms with van der Waals surface area (Å²) in [6.45, 7) is 0. The molecule has 1 rings (SSSR count). The average molecular weight is 344 g/mol. The van der Waals surface area contributed by atoms with Crippen molar-refractivity contribution in [3.63, 3.8) is 0 Å². The minimum atomic E-state index is -1.23. The first kappa shape index (κ1) is 16.0. The number of anilines is 1. The topological polar surface area (TPSA) is 136 Å². The van der Waals surface area contributed by atoms with E-state index in [9.17, 15) is 14.4 Å². The molecule has 0 bridgehead atoms. The summed E-state index contributed by atoms with van der Waals surface area (Å²) in [5, 5.41) is 11.3.